The molecule has 0 aliphatic carbocycles. The molecule has 1 atom stereocenters. The van der Waals surface area contributed by atoms with Gasteiger partial charge in [0.1, 0.15) is 5.82 Å². The summed E-state index contributed by atoms with van der Waals surface area (Å²) in [5, 5.41) is 0. The molecule has 0 radical (unpaired) electrons. The summed E-state index contributed by atoms with van der Waals surface area (Å²) in [4.78, 5) is 0. The van der Waals surface area contributed by atoms with E-state index in [1.54, 1.807) is 12.1 Å². The van der Waals surface area contributed by atoms with Crippen LogP contribution < -0.4 is 0 Å². The summed E-state index contributed by atoms with van der Waals surface area (Å²) < 4.78 is 14.2. The largest absolute Gasteiger partial charge is 0.207 e. The van der Waals surface area contributed by atoms with Gasteiger partial charge in [-0.1, -0.05) is 53.2 Å². The first-order valence-electron chi connectivity index (χ1n) is 5.18. The predicted molar refractivity (Wildman–Crippen MR) is 68.1 cm³/mol. The number of hydrogen-bond acceptors (Lipinski definition) is 0. The van der Waals surface area contributed by atoms with Crippen LogP contribution in [0.3, 0.4) is 0 Å². The van der Waals surface area contributed by atoms with Gasteiger partial charge in [0.05, 0.1) is 0 Å². The minimum Gasteiger partial charge on any atom is -0.207 e. The minimum atomic E-state index is -0.194. The Balaban J connectivity index is 2.41. The van der Waals surface area contributed by atoms with Crippen LogP contribution in [-0.4, -0.2) is 0 Å². The van der Waals surface area contributed by atoms with E-state index >= 15 is 0 Å². The normalized spacial score (nSPS) is 12.4. The first kappa shape index (κ1) is 11.3. The van der Waals surface area contributed by atoms with E-state index in [1.807, 2.05) is 18.2 Å². The number of halogens is 2. The number of benzene rings is 2. The van der Waals surface area contributed by atoms with Gasteiger partial charge in [-0.15, -0.1) is 0 Å². The van der Waals surface area contributed by atoms with E-state index in [2.05, 4.69) is 35.0 Å². The third-order valence-corrected chi connectivity index (χ3v) is 3.45. The summed E-state index contributed by atoms with van der Waals surface area (Å²) in [6.45, 7) is 2.08. The zero-order valence-corrected chi connectivity index (χ0v) is 10.5. The lowest BCUT2D eigenvalue weighted by atomic mass is 9.93. The molecule has 0 spiro atoms. The highest BCUT2D eigenvalue weighted by Crippen LogP contribution is 2.30. The Labute approximate surface area is 103 Å². The maximum atomic E-state index is 13.2. The molecule has 2 heteroatoms. The first-order valence-corrected chi connectivity index (χ1v) is 5.97. The maximum absolute atomic E-state index is 13.2. The van der Waals surface area contributed by atoms with Gasteiger partial charge in [-0.05, 0) is 29.3 Å². The molecule has 2 aromatic rings. The average molecular weight is 279 g/mol. The van der Waals surface area contributed by atoms with Crippen LogP contribution in [0.2, 0.25) is 0 Å². The third kappa shape index (κ3) is 2.33. The highest BCUT2D eigenvalue weighted by atomic mass is 79.9. The van der Waals surface area contributed by atoms with Crippen molar-refractivity contribution >= 4 is 15.9 Å². The molecular weight excluding hydrogens is 267 g/mol. The summed E-state index contributed by atoms with van der Waals surface area (Å²) in [5.74, 6) is -0.00717. The lowest BCUT2D eigenvalue weighted by molar-refractivity contribution is 0.623. The van der Waals surface area contributed by atoms with Crippen LogP contribution in [0, 0.1) is 5.82 Å². The molecule has 0 saturated heterocycles. The summed E-state index contributed by atoms with van der Waals surface area (Å²) in [6.07, 6.45) is 0. The van der Waals surface area contributed by atoms with Crippen molar-refractivity contribution in [1.82, 2.24) is 0 Å². The van der Waals surface area contributed by atoms with Crippen molar-refractivity contribution in [2.45, 2.75) is 12.8 Å². The maximum Gasteiger partial charge on any atom is 0.123 e. The summed E-state index contributed by atoms with van der Waals surface area (Å²) in [5.41, 5.74) is 2.17. The van der Waals surface area contributed by atoms with E-state index in [0.717, 1.165) is 10.0 Å². The zero-order valence-electron chi connectivity index (χ0n) is 8.95. The van der Waals surface area contributed by atoms with E-state index in [0.29, 0.717) is 0 Å². The summed E-state index contributed by atoms with van der Waals surface area (Å²) in [6, 6.07) is 14.9. The van der Waals surface area contributed by atoms with Crippen LogP contribution in [0.5, 0.6) is 0 Å². The smallest absolute Gasteiger partial charge is 0.123 e. The SMILES string of the molecule is CC(c1ccccc1)c1cc(F)ccc1Br. The van der Waals surface area contributed by atoms with Gasteiger partial charge in [0, 0.05) is 10.4 Å². The van der Waals surface area contributed by atoms with E-state index in [1.165, 1.54) is 11.6 Å². The molecule has 0 N–H and O–H groups in total. The highest BCUT2D eigenvalue weighted by molar-refractivity contribution is 9.10. The Morgan fingerprint density at radius 2 is 1.75 bits per heavy atom. The van der Waals surface area contributed by atoms with Crippen molar-refractivity contribution in [3.8, 4) is 0 Å². The highest BCUT2D eigenvalue weighted by Gasteiger charge is 2.12. The quantitative estimate of drug-likeness (QED) is 0.744. The molecule has 0 bridgehead atoms. The van der Waals surface area contributed by atoms with Crippen molar-refractivity contribution in [3.05, 3.63) is 69.9 Å². The topological polar surface area (TPSA) is 0 Å². The minimum absolute atomic E-state index is 0.186. The molecule has 2 aromatic carbocycles. The monoisotopic (exact) mass is 278 g/mol. The van der Waals surface area contributed by atoms with Gasteiger partial charge in [0.2, 0.25) is 0 Å². The van der Waals surface area contributed by atoms with Crippen LogP contribution in [0.15, 0.2) is 53.0 Å². The molecule has 0 saturated carbocycles. The van der Waals surface area contributed by atoms with Crippen LogP contribution in [0.4, 0.5) is 4.39 Å². The van der Waals surface area contributed by atoms with Crippen molar-refractivity contribution in [2.24, 2.45) is 0 Å². The fourth-order valence-electron chi connectivity index (χ4n) is 1.77. The molecule has 0 fully saturated rings. The van der Waals surface area contributed by atoms with Crippen molar-refractivity contribution < 1.29 is 4.39 Å². The van der Waals surface area contributed by atoms with Gasteiger partial charge >= 0.3 is 0 Å². The second-order valence-corrected chi connectivity index (χ2v) is 4.65. The molecule has 0 amide bonds. The standard InChI is InChI=1S/C14H12BrF/c1-10(11-5-3-2-4-6-11)13-9-12(16)7-8-14(13)15/h2-10H,1H3. The van der Waals surface area contributed by atoms with Crippen LogP contribution in [-0.2, 0) is 0 Å². The lowest BCUT2D eigenvalue weighted by Gasteiger charge is -2.14. The van der Waals surface area contributed by atoms with E-state index in [4.69, 9.17) is 0 Å². The molecule has 0 aliphatic heterocycles. The Hall–Kier alpha value is -1.15. The van der Waals surface area contributed by atoms with Crippen molar-refractivity contribution in [3.63, 3.8) is 0 Å². The van der Waals surface area contributed by atoms with Crippen LogP contribution in [0.25, 0.3) is 0 Å². The number of rotatable bonds is 2. The molecular formula is C14H12BrF. The number of hydrogen-bond donors (Lipinski definition) is 0. The van der Waals surface area contributed by atoms with Gasteiger partial charge in [0.25, 0.3) is 0 Å². The Morgan fingerprint density at radius 3 is 2.44 bits per heavy atom. The van der Waals surface area contributed by atoms with E-state index in [9.17, 15) is 4.39 Å². The molecule has 16 heavy (non-hydrogen) atoms. The van der Waals surface area contributed by atoms with Gasteiger partial charge in [-0.2, -0.15) is 0 Å². The molecule has 0 nitrogen and oxygen atoms in total. The molecule has 2 rings (SSSR count). The van der Waals surface area contributed by atoms with E-state index < -0.39 is 0 Å². The molecule has 0 heterocycles. The van der Waals surface area contributed by atoms with Crippen LogP contribution >= 0.6 is 15.9 Å². The second kappa shape index (κ2) is 4.79. The Morgan fingerprint density at radius 1 is 1.06 bits per heavy atom. The predicted octanol–water partition coefficient (Wildman–Crippen LogP) is 4.74. The van der Waals surface area contributed by atoms with Gasteiger partial charge in [-0.25, -0.2) is 4.39 Å². The van der Waals surface area contributed by atoms with Gasteiger partial charge < -0.3 is 0 Å². The molecule has 1 unspecified atom stereocenters. The van der Waals surface area contributed by atoms with E-state index in [-0.39, 0.29) is 11.7 Å². The fraction of sp³-hybridized carbons (Fsp3) is 0.143. The lowest BCUT2D eigenvalue weighted by Crippen LogP contribution is -1.97. The van der Waals surface area contributed by atoms with Gasteiger partial charge in [-0.3, -0.25) is 0 Å². The molecule has 0 aliphatic rings. The van der Waals surface area contributed by atoms with Crippen LogP contribution in [0.1, 0.15) is 24.0 Å². The van der Waals surface area contributed by atoms with Crippen molar-refractivity contribution in [2.75, 3.05) is 0 Å². The Kier molecular flexibility index (Phi) is 3.39. The molecule has 82 valence electrons. The fourth-order valence-corrected chi connectivity index (χ4v) is 2.36. The van der Waals surface area contributed by atoms with Gasteiger partial charge in [0.15, 0.2) is 0 Å². The zero-order chi connectivity index (χ0) is 11.5. The third-order valence-electron chi connectivity index (χ3n) is 2.72. The second-order valence-electron chi connectivity index (χ2n) is 3.80. The van der Waals surface area contributed by atoms with Crippen molar-refractivity contribution in [1.29, 1.82) is 0 Å². The Bertz CT molecular complexity index is 479. The first-order chi connectivity index (χ1) is 7.68. The summed E-state index contributed by atoms with van der Waals surface area (Å²) >= 11 is 3.46. The average Bonchev–Trinajstić information content (AvgIpc) is 2.32. The summed E-state index contributed by atoms with van der Waals surface area (Å²) in [7, 11) is 0. The molecule has 0 aromatic heterocycles.